The smallest absolute Gasteiger partial charge is 0.166 e. The maximum atomic E-state index is 13.4. The summed E-state index contributed by atoms with van der Waals surface area (Å²) in [6.07, 6.45) is -1.46. The molecule has 0 bridgehead atoms. The van der Waals surface area contributed by atoms with Crippen molar-refractivity contribution in [2.24, 2.45) is 0 Å². The number of benzene rings is 2. The average Bonchev–Trinajstić information content (AvgIpc) is 2.40. The molecule has 0 heterocycles. The zero-order valence-corrected chi connectivity index (χ0v) is 9.68. The van der Waals surface area contributed by atoms with Crippen LogP contribution in [0.1, 0.15) is 11.7 Å². The molecular formula is C14H9F2NO2. The van der Waals surface area contributed by atoms with E-state index in [0.717, 1.165) is 12.1 Å². The molecule has 0 aliphatic carbocycles. The van der Waals surface area contributed by atoms with Crippen molar-refractivity contribution < 1.29 is 18.6 Å². The number of nitrogens with zero attached hydrogens (tertiary/aromatic N) is 1. The summed E-state index contributed by atoms with van der Waals surface area (Å²) in [5.74, 6) is -1.33. The summed E-state index contributed by atoms with van der Waals surface area (Å²) in [7, 11) is 0. The van der Waals surface area contributed by atoms with Gasteiger partial charge in [0.15, 0.2) is 17.7 Å². The number of hydrogen-bond donors (Lipinski definition) is 1. The molecule has 96 valence electrons. The Kier molecular flexibility index (Phi) is 3.74. The molecule has 0 saturated carbocycles. The van der Waals surface area contributed by atoms with Crippen molar-refractivity contribution in [1.29, 1.82) is 5.26 Å². The molecule has 0 radical (unpaired) electrons. The van der Waals surface area contributed by atoms with Crippen LogP contribution in [-0.4, -0.2) is 5.11 Å². The minimum Gasteiger partial charge on any atom is -0.454 e. The zero-order chi connectivity index (χ0) is 13.8. The first-order valence-corrected chi connectivity index (χ1v) is 5.40. The molecule has 0 aliphatic rings. The summed E-state index contributed by atoms with van der Waals surface area (Å²) < 4.78 is 31.9. The lowest BCUT2D eigenvalue weighted by atomic mass is 10.1. The highest BCUT2D eigenvalue weighted by molar-refractivity contribution is 5.37. The van der Waals surface area contributed by atoms with E-state index < -0.39 is 17.7 Å². The van der Waals surface area contributed by atoms with Gasteiger partial charge in [0.25, 0.3) is 0 Å². The molecule has 0 saturated heterocycles. The monoisotopic (exact) mass is 261 g/mol. The van der Waals surface area contributed by atoms with E-state index >= 15 is 0 Å². The number of para-hydroxylation sites is 1. The first-order chi connectivity index (χ1) is 9.10. The van der Waals surface area contributed by atoms with Crippen molar-refractivity contribution in [3.05, 3.63) is 59.7 Å². The van der Waals surface area contributed by atoms with E-state index in [1.165, 1.54) is 24.3 Å². The van der Waals surface area contributed by atoms with E-state index in [9.17, 15) is 13.9 Å². The molecule has 2 aromatic carbocycles. The van der Waals surface area contributed by atoms with Gasteiger partial charge in [0.05, 0.1) is 6.07 Å². The molecule has 0 aromatic heterocycles. The van der Waals surface area contributed by atoms with Crippen molar-refractivity contribution >= 4 is 0 Å². The number of rotatable bonds is 3. The summed E-state index contributed by atoms with van der Waals surface area (Å²) >= 11 is 0. The highest BCUT2D eigenvalue weighted by atomic mass is 19.1. The normalized spacial score (nSPS) is 11.7. The Morgan fingerprint density at radius 2 is 1.89 bits per heavy atom. The SMILES string of the molecule is N#CC(O)c1cc(F)cc(Oc2ccccc2F)c1. The largest absolute Gasteiger partial charge is 0.454 e. The summed E-state index contributed by atoms with van der Waals surface area (Å²) in [4.78, 5) is 0. The lowest BCUT2D eigenvalue weighted by Crippen LogP contribution is -1.96. The van der Waals surface area contributed by atoms with Gasteiger partial charge in [0.1, 0.15) is 11.6 Å². The van der Waals surface area contributed by atoms with E-state index in [1.54, 1.807) is 12.1 Å². The van der Waals surface area contributed by atoms with Crippen LogP contribution in [0.3, 0.4) is 0 Å². The quantitative estimate of drug-likeness (QED) is 0.862. The van der Waals surface area contributed by atoms with Crippen LogP contribution in [0.5, 0.6) is 11.5 Å². The second-order valence-electron chi connectivity index (χ2n) is 3.78. The first kappa shape index (κ1) is 13.0. The number of aliphatic hydroxyl groups excluding tert-OH is 1. The molecule has 19 heavy (non-hydrogen) atoms. The van der Waals surface area contributed by atoms with Crippen LogP contribution in [-0.2, 0) is 0 Å². The average molecular weight is 261 g/mol. The maximum Gasteiger partial charge on any atom is 0.166 e. The van der Waals surface area contributed by atoms with Gasteiger partial charge in [-0.15, -0.1) is 0 Å². The highest BCUT2D eigenvalue weighted by Crippen LogP contribution is 2.27. The molecule has 2 aromatic rings. The van der Waals surface area contributed by atoms with Crippen LogP contribution in [0.2, 0.25) is 0 Å². The molecule has 0 aliphatic heterocycles. The number of aliphatic hydroxyl groups is 1. The summed E-state index contributed by atoms with van der Waals surface area (Å²) in [5.41, 5.74) is 0.0499. The fraction of sp³-hybridized carbons (Fsp3) is 0.0714. The minimum atomic E-state index is -1.46. The van der Waals surface area contributed by atoms with Gasteiger partial charge in [0, 0.05) is 11.6 Å². The predicted octanol–water partition coefficient (Wildman–Crippen LogP) is 3.31. The molecular weight excluding hydrogens is 252 g/mol. The van der Waals surface area contributed by atoms with Crippen molar-refractivity contribution in [1.82, 2.24) is 0 Å². The van der Waals surface area contributed by atoms with Gasteiger partial charge in [-0.1, -0.05) is 12.1 Å². The minimum absolute atomic E-state index is 0.00870. The molecule has 3 nitrogen and oxygen atoms in total. The Hall–Kier alpha value is -2.45. The fourth-order valence-corrected chi connectivity index (χ4v) is 1.53. The first-order valence-electron chi connectivity index (χ1n) is 5.40. The number of ether oxygens (including phenoxy) is 1. The zero-order valence-electron chi connectivity index (χ0n) is 9.68. The van der Waals surface area contributed by atoms with Gasteiger partial charge in [-0.25, -0.2) is 8.78 Å². The van der Waals surface area contributed by atoms with Gasteiger partial charge >= 0.3 is 0 Å². The Morgan fingerprint density at radius 3 is 2.58 bits per heavy atom. The van der Waals surface area contributed by atoms with E-state index in [0.29, 0.717) is 0 Å². The van der Waals surface area contributed by atoms with Gasteiger partial charge in [-0.05, 0) is 24.3 Å². The van der Waals surface area contributed by atoms with Gasteiger partial charge in [0.2, 0.25) is 0 Å². The van der Waals surface area contributed by atoms with Crippen LogP contribution < -0.4 is 4.74 Å². The molecule has 1 N–H and O–H groups in total. The maximum absolute atomic E-state index is 13.4. The molecule has 0 amide bonds. The Labute approximate surface area is 108 Å². The summed E-state index contributed by atoms with van der Waals surface area (Å²) in [6.45, 7) is 0. The van der Waals surface area contributed by atoms with Gasteiger partial charge < -0.3 is 9.84 Å². The molecule has 5 heteroatoms. The molecule has 0 spiro atoms. The molecule has 2 rings (SSSR count). The van der Waals surface area contributed by atoms with E-state index in [1.807, 2.05) is 0 Å². The third kappa shape index (κ3) is 3.06. The van der Waals surface area contributed by atoms with Crippen LogP contribution >= 0.6 is 0 Å². The van der Waals surface area contributed by atoms with Crippen molar-refractivity contribution in [2.45, 2.75) is 6.10 Å². The number of halogens is 2. The van der Waals surface area contributed by atoms with Crippen molar-refractivity contribution in [3.63, 3.8) is 0 Å². The Balaban J connectivity index is 2.34. The van der Waals surface area contributed by atoms with Crippen LogP contribution in [0.25, 0.3) is 0 Å². The van der Waals surface area contributed by atoms with Gasteiger partial charge in [-0.2, -0.15) is 5.26 Å². The third-order valence-corrected chi connectivity index (χ3v) is 2.40. The topological polar surface area (TPSA) is 53.2 Å². The van der Waals surface area contributed by atoms with Crippen LogP contribution in [0, 0.1) is 23.0 Å². The van der Waals surface area contributed by atoms with Crippen molar-refractivity contribution in [3.8, 4) is 17.6 Å². The van der Waals surface area contributed by atoms with E-state index in [4.69, 9.17) is 10.00 Å². The van der Waals surface area contributed by atoms with Crippen molar-refractivity contribution in [2.75, 3.05) is 0 Å². The second-order valence-corrected chi connectivity index (χ2v) is 3.78. The van der Waals surface area contributed by atoms with Crippen LogP contribution in [0.4, 0.5) is 8.78 Å². The Morgan fingerprint density at radius 1 is 1.16 bits per heavy atom. The van der Waals surface area contributed by atoms with Crippen LogP contribution in [0.15, 0.2) is 42.5 Å². The molecule has 1 atom stereocenters. The lowest BCUT2D eigenvalue weighted by molar-refractivity contribution is 0.235. The highest BCUT2D eigenvalue weighted by Gasteiger charge is 2.11. The lowest BCUT2D eigenvalue weighted by Gasteiger charge is -2.09. The fourth-order valence-electron chi connectivity index (χ4n) is 1.53. The second kappa shape index (κ2) is 5.46. The molecule has 1 unspecified atom stereocenters. The Bertz CT molecular complexity index is 638. The molecule has 0 fully saturated rings. The van der Waals surface area contributed by atoms with E-state index in [2.05, 4.69) is 0 Å². The number of nitriles is 1. The summed E-state index contributed by atoms with van der Waals surface area (Å²) in [5, 5.41) is 17.9. The standard InChI is InChI=1S/C14H9F2NO2/c15-10-5-9(13(18)8-17)6-11(7-10)19-14-4-2-1-3-12(14)16/h1-7,13,18H. The van der Waals surface area contributed by atoms with E-state index in [-0.39, 0.29) is 17.1 Å². The summed E-state index contributed by atoms with van der Waals surface area (Å²) in [6, 6.07) is 10.6. The van der Waals surface area contributed by atoms with Gasteiger partial charge in [-0.3, -0.25) is 0 Å². The number of hydrogen-bond acceptors (Lipinski definition) is 3. The predicted molar refractivity (Wildman–Crippen MR) is 63.4 cm³/mol. The third-order valence-electron chi connectivity index (χ3n) is 2.40.